The molecule has 2 rings (SSSR count). The van der Waals surface area contributed by atoms with Gasteiger partial charge in [-0.05, 0) is 24.3 Å². The van der Waals surface area contributed by atoms with Crippen LogP contribution in [0.1, 0.15) is 6.42 Å². The molecule has 0 spiro atoms. The molecular formula is C13H15N3O2. The van der Waals surface area contributed by atoms with Gasteiger partial charge in [-0.25, -0.2) is 4.98 Å². The van der Waals surface area contributed by atoms with Crippen molar-refractivity contribution >= 4 is 11.6 Å². The van der Waals surface area contributed by atoms with E-state index in [0.29, 0.717) is 13.0 Å². The Bertz CT molecular complexity index is 506. The van der Waals surface area contributed by atoms with Crippen LogP contribution in [0.25, 0.3) is 0 Å². The fourth-order valence-electron chi connectivity index (χ4n) is 1.63. The minimum Gasteiger partial charge on any atom is -0.508 e. The largest absolute Gasteiger partial charge is 0.508 e. The molecule has 1 aromatic heterocycles. The molecule has 0 saturated carbocycles. The molecule has 0 bridgehead atoms. The number of amides is 1. The summed E-state index contributed by atoms with van der Waals surface area (Å²) in [5.41, 5.74) is 0.767. The van der Waals surface area contributed by atoms with E-state index in [-0.39, 0.29) is 11.7 Å². The number of aromatic hydroxyl groups is 1. The van der Waals surface area contributed by atoms with Gasteiger partial charge in [-0.15, -0.1) is 0 Å². The van der Waals surface area contributed by atoms with Gasteiger partial charge in [0.2, 0.25) is 5.91 Å². The highest BCUT2D eigenvalue weighted by molar-refractivity contribution is 5.92. The van der Waals surface area contributed by atoms with Crippen LogP contribution in [-0.4, -0.2) is 27.6 Å². The van der Waals surface area contributed by atoms with Crippen LogP contribution in [0, 0.1) is 0 Å². The Labute approximate surface area is 105 Å². The zero-order valence-electron chi connectivity index (χ0n) is 10.2. The van der Waals surface area contributed by atoms with E-state index in [1.807, 2.05) is 10.8 Å². The summed E-state index contributed by atoms with van der Waals surface area (Å²) in [4.78, 5) is 17.5. The molecule has 0 aliphatic rings. The lowest BCUT2D eigenvalue weighted by Gasteiger charge is -2.17. The maximum atomic E-state index is 12.0. The summed E-state index contributed by atoms with van der Waals surface area (Å²) in [5, 5.41) is 9.19. The van der Waals surface area contributed by atoms with Crippen LogP contribution >= 0.6 is 0 Å². The topological polar surface area (TPSA) is 58.4 Å². The summed E-state index contributed by atoms with van der Waals surface area (Å²) in [6.07, 6.45) is 5.61. The van der Waals surface area contributed by atoms with E-state index >= 15 is 0 Å². The maximum absolute atomic E-state index is 12.0. The van der Waals surface area contributed by atoms with Gasteiger partial charge in [-0.3, -0.25) is 4.79 Å². The van der Waals surface area contributed by atoms with Gasteiger partial charge in [0.25, 0.3) is 0 Å². The summed E-state index contributed by atoms with van der Waals surface area (Å²) in [6, 6.07) is 6.55. The third-order valence-corrected chi connectivity index (χ3v) is 2.75. The molecule has 5 heteroatoms. The molecule has 5 nitrogen and oxygen atoms in total. The molecule has 0 atom stereocenters. The van der Waals surface area contributed by atoms with Crippen molar-refractivity contribution in [1.82, 2.24) is 9.55 Å². The maximum Gasteiger partial charge on any atom is 0.228 e. The van der Waals surface area contributed by atoms with E-state index in [9.17, 15) is 9.90 Å². The molecule has 1 N–H and O–H groups in total. The Morgan fingerprint density at radius 3 is 2.72 bits per heavy atom. The van der Waals surface area contributed by atoms with Gasteiger partial charge >= 0.3 is 0 Å². The molecule has 0 aliphatic carbocycles. The molecule has 1 aromatic carbocycles. The first kappa shape index (κ1) is 12.2. The van der Waals surface area contributed by atoms with Gasteiger partial charge in [0.1, 0.15) is 5.75 Å². The van der Waals surface area contributed by atoms with E-state index in [2.05, 4.69) is 4.98 Å². The molecule has 18 heavy (non-hydrogen) atoms. The SMILES string of the molecule is CN(C(=O)CCn1ccnc1)c1ccc(O)cc1. The second kappa shape index (κ2) is 5.35. The minimum atomic E-state index is 0.0226. The van der Waals surface area contributed by atoms with Crippen molar-refractivity contribution < 1.29 is 9.90 Å². The second-order valence-corrected chi connectivity index (χ2v) is 4.02. The molecule has 1 heterocycles. The van der Waals surface area contributed by atoms with Crippen LogP contribution in [0.3, 0.4) is 0 Å². The number of hydrogen-bond acceptors (Lipinski definition) is 3. The van der Waals surface area contributed by atoms with Crippen LogP contribution in [-0.2, 0) is 11.3 Å². The third-order valence-electron chi connectivity index (χ3n) is 2.75. The van der Waals surface area contributed by atoms with Crippen molar-refractivity contribution in [1.29, 1.82) is 0 Å². The summed E-state index contributed by atoms with van der Waals surface area (Å²) >= 11 is 0. The Balaban J connectivity index is 1.94. The Kier molecular flexibility index (Phi) is 3.62. The fraction of sp³-hybridized carbons (Fsp3) is 0.231. The zero-order valence-corrected chi connectivity index (χ0v) is 10.2. The molecule has 1 amide bonds. The lowest BCUT2D eigenvalue weighted by Crippen LogP contribution is -2.26. The lowest BCUT2D eigenvalue weighted by molar-refractivity contribution is -0.118. The van der Waals surface area contributed by atoms with Crippen molar-refractivity contribution in [3.05, 3.63) is 43.0 Å². The summed E-state index contributed by atoms with van der Waals surface area (Å²) in [6.45, 7) is 0.612. The Morgan fingerprint density at radius 2 is 2.11 bits per heavy atom. The number of aromatic nitrogens is 2. The van der Waals surface area contributed by atoms with E-state index in [4.69, 9.17) is 0 Å². The zero-order chi connectivity index (χ0) is 13.0. The molecule has 0 fully saturated rings. The standard InChI is InChI=1S/C13H15N3O2/c1-15(11-2-4-12(17)5-3-11)13(18)6-8-16-9-7-14-10-16/h2-5,7,9-10,17H,6,8H2,1H3. The van der Waals surface area contributed by atoms with Gasteiger partial charge in [0.15, 0.2) is 0 Å². The van der Waals surface area contributed by atoms with Gasteiger partial charge in [-0.2, -0.15) is 0 Å². The third kappa shape index (κ3) is 2.88. The number of benzene rings is 1. The first-order valence-electron chi connectivity index (χ1n) is 5.68. The van der Waals surface area contributed by atoms with Gasteiger partial charge in [0, 0.05) is 38.1 Å². The average molecular weight is 245 g/mol. The number of imidazole rings is 1. The predicted molar refractivity (Wildman–Crippen MR) is 68.4 cm³/mol. The van der Waals surface area contributed by atoms with Crippen LogP contribution < -0.4 is 4.90 Å². The van der Waals surface area contributed by atoms with Crippen molar-refractivity contribution in [3.8, 4) is 5.75 Å². The number of carbonyl (C=O) groups is 1. The number of anilines is 1. The lowest BCUT2D eigenvalue weighted by atomic mass is 10.2. The van der Waals surface area contributed by atoms with E-state index < -0.39 is 0 Å². The predicted octanol–water partition coefficient (Wildman–Crippen LogP) is 1.64. The molecule has 94 valence electrons. The highest BCUT2D eigenvalue weighted by Crippen LogP contribution is 2.17. The van der Waals surface area contributed by atoms with Gasteiger partial charge in [0.05, 0.1) is 6.33 Å². The van der Waals surface area contributed by atoms with Crippen LogP contribution in [0.15, 0.2) is 43.0 Å². The summed E-state index contributed by atoms with van der Waals surface area (Å²) in [5.74, 6) is 0.215. The summed E-state index contributed by atoms with van der Waals surface area (Å²) < 4.78 is 1.86. The van der Waals surface area contributed by atoms with E-state index in [1.165, 1.54) is 0 Å². The van der Waals surface area contributed by atoms with Crippen LogP contribution in [0.4, 0.5) is 5.69 Å². The molecule has 0 aliphatic heterocycles. The number of phenolic OH excluding ortho intramolecular Hbond substituents is 1. The monoisotopic (exact) mass is 245 g/mol. The normalized spacial score (nSPS) is 10.3. The van der Waals surface area contributed by atoms with Crippen molar-refractivity contribution in [2.75, 3.05) is 11.9 Å². The molecular weight excluding hydrogens is 230 g/mol. The van der Waals surface area contributed by atoms with Gasteiger partial charge in [-0.1, -0.05) is 0 Å². The first-order valence-corrected chi connectivity index (χ1v) is 5.68. The number of nitrogens with zero attached hydrogens (tertiary/aromatic N) is 3. The van der Waals surface area contributed by atoms with Crippen molar-refractivity contribution in [3.63, 3.8) is 0 Å². The van der Waals surface area contributed by atoms with Crippen molar-refractivity contribution in [2.45, 2.75) is 13.0 Å². The van der Waals surface area contributed by atoms with Gasteiger partial charge < -0.3 is 14.6 Å². The fourth-order valence-corrected chi connectivity index (χ4v) is 1.63. The number of hydrogen-bond donors (Lipinski definition) is 1. The Hall–Kier alpha value is -2.30. The summed E-state index contributed by atoms with van der Waals surface area (Å²) in [7, 11) is 1.72. The quantitative estimate of drug-likeness (QED) is 0.890. The minimum absolute atomic E-state index is 0.0226. The number of rotatable bonds is 4. The van der Waals surface area contributed by atoms with E-state index in [0.717, 1.165) is 5.69 Å². The molecule has 2 aromatic rings. The van der Waals surface area contributed by atoms with Crippen LogP contribution in [0.5, 0.6) is 5.75 Å². The average Bonchev–Trinajstić information content (AvgIpc) is 2.89. The van der Waals surface area contributed by atoms with E-state index in [1.54, 1.807) is 48.7 Å². The van der Waals surface area contributed by atoms with Crippen molar-refractivity contribution in [2.24, 2.45) is 0 Å². The first-order chi connectivity index (χ1) is 8.66. The highest BCUT2D eigenvalue weighted by atomic mass is 16.3. The number of aryl methyl sites for hydroxylation is 1. The van der Waals surface area contributed by atoms with Crippen LogP contribution in [0.2, 0.25) is 0 Å². The molecule has 0 saturated heterocycles. The second-order valence-electron chi connectivity index (χ2n) is 4.02. The number of phenols is 1. The number of carbonyl (C=O) groups excluding carboxylic acids is 1. The molecule has 0 radical (unpaired) electrons. The molecule has 0 unspecified atom stereocenters. The Morgan fingerprint density at radius 1 is 1.39 bits per heavy atom. The highest BCUT2D eigenvalue weighted by Gasteiger charge is 2.10. The smallest absolute Gasteiger partial charge is 0.228 e.